The molecule has 1 aliphatic carbocycles. The van der Waals surface area contributed by atoms with Crippen molar-refractivity contribution in [2.45, 2.75) is 25.7 Å². The van der Waals surface area contributed by atoms with Gasteiger partial charge in [-0.1, -0.05) is 6.07 Å². The van der Waals surface area contributed by atoms with Gasteiger partial charge in [-0.2, -0.15) is 5.26 Å². The molecule has 1 amide bonds. The van der Waals surface area contributed by atoms with Crippen molar-refractivity contribution in [1.29, 1.82) is 5.26 Å². The van der Waals surface area contributed by atoms with Crippen LogP contribution in [-0.2, 0) is 12.8 Å². The predicted octanol–water partition coefficient (Wildman–Crippen LogP) is 2.02. The van der Waals surface area contributed by atoms with Gasteiger partial charge in [-0.25, -0.2) is 0 Å². The van der Waals surface area contributed by atoms with E-state index in [0.29, 0.717) is 10.6 Å². The fourth-order valence-corrected chi connectivity index (χ4v) is 4.27. The zero-order chi connectivity index (χ0) is 18.8. The van der Waals surface area contributed by atoms with Crippen LogP contribution < -0.4 is 10.4 Å². The van der Waals surface area contributed by atoms with Gasteiger partial charge >= 0.3 is 0 Å². The smallest absolute Gasteiger partial charge is 0.279 e. The number of nitriles is 1. The third-order valence-electron chi connectivity index (χ3n) is 4.20. The Morgan fingerprint density at radius 3 is 2.65 bits per heavy atom. The van der Waals surface area contributed by atoms with E-state index in [4.69, 9.17) is 0 Å². The van der Waals surface area contributed by atoms with Crippen molar-refractivity contribution in [3.05, 3.63) is 55.4 Å². The Labute approximate surface area is 151 Å². The normalized spacial score (nSPS) is 12.7. The molecular weight excluding hydrogens is 358 g/mol. The molecular formula is C17H12N3O5S-. The third kappa shape index (κ3) is 3.02. The molecule has 0 radical (unpaired) electrons. The molecule has 0 saturated carbocycles. The summed E-state index contributed by atoms with van der Waals surface area (Å²) < 4.78 is 0. The van der Waals surface area contributed by atoms with E-state index in [9.17, 15) is 30.1 Å². The molecule has 1 aromatic carbocycles. The first-order chi connectivity index (χ1) is 12.4. The van der Waals surface area contributed by atoms with Crippen molar-refractivity contribution in [3.63, 3.8) is 0 Å². The van der Waals surface area contributed by atoms with Gasteiger partial charge in [0.05, 0.1) is 27.6 Å². The van der Waals surface area contributed by atoms with Gasteiger partial charge in [-0.3, -0.25) is 14.9 Å². The van der Waals surface area contributed by atoms with Crippen LogP contribution in [0.4, 0.5) is 10.7 Å². The molecule has 26 heavy (non-hydrogen) atoms. The van der Waals surface area contributed by atoms with Gasteiger partial charge in [0.2, 0.25) is 0 Å². The molecule has 1 N–H and O–H groups in total. The summed E-state index contributed by atoms with van der Waals surface area (Å²) in [5.74, 6) is -2.64. The minimum atomic E-state index is -1.81. The highest BCUT2D eigenvalue weighted by molar-refractivity contribution is 7.16. The number of hydrogen-bond donors (Lipinski definition) is 1. The molecule has 1 aliphatic rings. The summed E-state index contributed by atoms with van der Waals surface area (Å²) in [5, 5.41) is 34.7. The first-order valence-corrected chi connectivity index (χ1v) is 8.60. The van der Waals surface area contributed by atoms with E-state index < -0.39 is 28.1 Å². The van der Waals surface area contributed by atoms with Crippen molar-refractivity contribution in [2.75, 3.05) is 5.32 Å². The number of carboxylic acids is 1. The Morgan fingerprint density at radius 2 is 2.00 bits per heavy atom. The zero-order valence-electron chi connectivity index (χ0n) is 13.4. The molecule has 1 aromatic heterocycles. The minimum absolute atomic E-state index is 0.334. The molecule has 8 nitrogen and oxygen atoms in total. The lowest BCUT2D eigenvalue weighted by molar-refractivity contribution is -0.385. The molecule has 0 aliphatic heterocycles. The summed E-state index contributed by atoms with van der Waals surface area (Å²) in [5.41, 5.74) is -0.593. The predicted molar refractivity (Wildman–Crippen MR) is 91.1 cm³/mol. The number of nitro groups is 1. The van der Waals surface area contributed by atoms with Crippen LogP contribution in [0.1, 0.15) is 49.6 Å². The van der Waals surface area contributed by atoms with Gasteiger partial charge in [0.15, 0.2) is 0 Å². The number of fused-ring (bicyclic) bond motifs is 1. The van der Waals surface area contributed by atoms with Gasteiger partial charge in [-0.15, -0.1) is 11.3 Å². The van der Waals surface area contributed by atoms with Crippen LogP contribution in [0.25, 0.3) is 0 Å². The monoisotopic (exact) mass is 370 g/mol. The number of hydrogen-bond acceptors (Lipinski definition) is 7. The van der Waals surface area contributed by atoms with Crippen LogP contribution in [-0.4, -0.2) is 16.8 Å². The van der Waals surface area contributed by atoms with Crippen molar-refractivity contribution in [1.82, 2.24) is 0 Å². The fraction of sp³-hybridized carbons (Fsp3) is 0.235. The minimum Gasteiger partial charge on any atom is -0.545 e. The highest BCUT2D eigenvalue weighted by atomic mass is 32.1. The van der Waals surface area contributed by atoms with Crippen molar-refractivity contribution in [3.8, 4) is 6.07 Å². The first-order valence-electron chi connectivity index (χ1n) is 7.78. The maximum atomic E-state index is 12.6. The molecule has 1 heterocycles. The molecule has 0 saturated heterocycles. The quantitative estimate of drug-likeness (QED) is 0.646. The SMILES string of the molecule is N#Cc1c(NC(=O)c2cccc([N+](=O)[O-])c2C(=O)[O-])sc2c1CCCC2. The summed E-state index contributed by atoms with van der Waals surface area (Å²) in [6.45, 7) is 0. The number of amides is 1. The van der Waals surface area contributed by atoms with Crippen LogP contribution in [0.3, 0.4) is 0 Å². The number of benzene rings is 1. The Morgan fingerprint density at radius 1 is 1.27 bits per heavy atom. The number of nitro benzene ring substituents is 1. The Hall–Kier alpha value is -3.25. The summed E-state index contributed by atoms with van der Waals surface area (Å²) in [7, 11) is 0. The summed E-state index contributed by atoms with van der Waals surface area (Å²) in [4.78, 5) is 35.1. The molecule has 0 unspecified atom stereocenters. The van der Waals surface area contributed by atoms with E-state index in [0.717, 1.165) is 42.2 Å². The second-order valence-corrected chi connectivity index (χ2v) is 6.83. The van der Waals surface area contributed by atoms with Gasteiger partial charge in [-0.05, 0) is 37.3 Å². The molecule has 3 rings (SSSR count). The molecule has 2 aromatic rings. The van der Waals surface area contributed by atoms with E-state index in [1.54, 1.807) is 0 Å². The second-order valence-electron chi connectivity index (χ2n) is 5.73. The van der Waals surface area contributed by atoms with Gasteiger partial charge in [0.25, 0.3) is 11.6 Å². The Bertz CT molecular complexity index is 974. The number of carbonyl (C=O) groups is 2. The average molecular weight is 370 g/mol. The van der Waals surface area contributed by atoms with E-state index in [2.05, 4.69) is 11.4 Å². The lowest BCUT2D eigenvalue weighted by atomic mass is 9.96. The van der Waals surface area contributed by atoms with Gasteiger partial charge < -0.3 is 15.2 Å². The largest absolute Gasteiger partial charge is 0.545 e. The van der Waals surface area contributed by atoms with E-state index in [1.807, 2.05) is 0 Å². The number of nitrogens with one attached hydrogen (secondary N) is 1. The molecule has 132 valence electrons. The number of thiophene rings is 1. The van der Waals surface area contributed by atoms with Crippen LogP contribution in [0.5, 0.6) is 0 Å². The van der Waals surface area contributed by atoms with Gasteiger partial charge in [0, 0.05) is 10.9 Å². The number of carboxylic acid groups (broad SMARTS) is 1. The molecule has 0 bridgehead atoms. The highest BCUT2D eigenvalue weighted by Gasteiger charge is 2.25. The summed E-state index contributed by atoms with van der Waals surface area (Å²) >= 11 is 1.28. The standard InChI is InChI=1S/C17H13N3O5S/c18-8-11-9-4-1-2-7-13(9)26-16(11)19-15(21)10-5-3-6-12(20(24)25)14(10)17(22)23/h3,5-6H,1-2,4,7H2,(H,19,21)(H,22,23)/p-1. The van der Waals surface area contributed by atoms with E-state index in [1.165, 1.54) is 23.5 Å². The first kappa shape index (κ1) is 17.6. The Kier molecular flexibility index (Phi) is 4.69. The highest BCUT2D eigenvalue weighted by Crippen LogP contribution is 2.38. The van der Waals surface area contributed by atoms with Crippen LogP contribution in [0, 0.1) is 21.4 Å². The fourth-order valence-electron chi connectivity index (χ4n) is 3.04. The average Bonchev–Trinajstić information content (AvgIpc) is 2.97. The number of rotatable bonds is 4. The second kappa shape index (κ2) is 6.93. The number of nitrogens with zero attached hydrogens (tertiary/aromatic N) is 2. The van der Waals surface area contributed by atoms with E-state index >= 15 is 0 Å². The topological polar surface area (TPSA) is 136 Å². The summed E-state index contributed by atoms with van der Waals surface area (Å²) in [6, 6.07) is 5.48. The number of anilines is 1. The van der Waals surface area contributed by atoms with Crippen molar-refractivity contribution in [2.24, 2.45) is 0 Å². The zero-order valence-corrected chi connectivity index (χ0v) is 14.2. The van der Waals surface area contributed by atoms with Gasteiger partial charge in [0.1, 0.15) is 11.1 Å². The lowest BCUT2D eigenvalue weighted by Gasteiger charge is -2.11. The van der Waals surface area contributed by atoms with Crippen LogP contribution >= 0.6 is 11.3 Å². The molecule has 0 spiro atoms. The van der Waals surface area contributed by atoms with Crippen LogP contribution in [0.2, 0.25) is 0 Å². The molecule has 0 atom stereocenters. The van der Waals surface area contributed by atoms with Crippen LogP contribution in [0.15, 0.2) is 18.2 Å². The Balaban J connectivity index is 2.01. The summed E-state index contributed by atoms with van der Waals surface area (Å²) in [6.07, 6.45) is 3.55. The van der Waals surface area contributed by atoms with E-state index in [-0.39, 0.29) is 5.56 Å². The molecule has 9 heteroatoms. The number of aromatic carboxylic acids is 1. The number of carbonyl (C=O) groups excluding carboxylic acids is 2. The maximum Gasteiger partial charge on any atom is 0.279 e. The van der Waals surface area contributed by atoms with Crippen molar-refractivity contribution < 1.29 is 19.6 Å². The maximum absolute atomic E-state index is 12.6. The number of aryl methyl sites for hydroxylation is 1. The molecule has 0 fully saturated rings. The van der Waals surface area contributed by atoms with Crippen molar-refractivity contribution >= 4 is 33.9 Å². The lowest BCUT2D eigenvalue weighted by Crippen LogP contribution is -2.27. The third-order valence-corrected chi connectivity index (χ3v) is 5.41.